The molecule has 0 saturated heterocycles. The molecule has 4 nitrogen and oxygen atoms in total. The van der Waals surface area contributed by atoms with E-state index in [0.717, 1.165) is 28.9 Å². The number of benzene rings is 1. The zero-order valence-electron chi connectivity index (χ0n) is 11.6. The van der Waals surface area contributed by atoms with E-state index in [2.05, 4.69) is 23.9 Å². The van der Waals surface area contributed by atoms with E-state index in [1.54, 1.807) is 14.2 Å². The number of ether oxygens (including phenoxy) is 2. The molecule has 0 radical (unpaired) electrons. The lowest BCUT2D eigenvalue weighted by Gasteiger charge is -2.08. The second kappa shape index (κ2) is 4.90. The van der Waals surface area contributed by atoms with Gasteiger partial charge in [-0.15, -0.1) is 0 Å². The second-order valence-electron chi connectivity index (χ2n) is 4.38. The number of hydrogen-bond acceptors (Lipinski definition) is 3. The fourth-order valence-corrected chi connectivity index (χ4v) is 2.38. The molecule has 0 bridgehead atoms. The molecule has 0 aliphatic carbocycles. The van der Waals surface area contributed by atoms with Crippen molar-refractivity contribution < 1.29 is 9.47 Å². The second-order valence-corrected chi connectivity index (χ2v) is 4.38. The van der Waals surface area contributed by atoms with Gasteiger partial charge >= 0.3 is 0 Å². The lowest BCUT2D eigenvalue weighted by atomic mass is 10.1. The van der Waals surface area contributed by atoms with Crippen molar-refractivity contribution in [1.29, 1.82) is 0 Å². The van der Waals surface area contributed by atoms with E-state index in [0.29, 0.717) is 0 Å². The highest BCUT2D eigenvalue weighted by atomic mass is 16.5. The number of hydrogen-bond donors (Lipinski definition) is 1. The first-order chi connectivity index (χ1) is 8.63. The summed E-state index contributed by atoms with van der Waals surface area (Å²) in [5.41, 5.74) is 3.65. The summed E-state index contributed by atoms with van der Waals surface area (Å²) in [6.45, 7) is 2.95. The van der Waals surface area contributed by atoms with Crippen molar-refractivity contribution in [3.63, 3.8) is 0 Å². The van der Waals surface area contributed by atoms with Gasteiger partial charge in [0.1, 0.15) is 11.5 Å². The highest BCUT2D eigenvalue weighted by molar-refractivity contribution is 5.92. The van der Waals surface area contributed by atoms with Gasteiger partial charge in [-0.2, -0.15) is 0 Å². The molecule has 2 rings (SSSR count). The molecule has 0 unspecified atom stereocenters. The van der Waals surface area contributed by atoms with Crippen LogP contribution in [-0.2, 0) is 13.6 Å². The Hall–Kier alpha value is -1.68. The summed E-state index contributed by atoms with van der Waals surface area (Å²) < 4.78 is 13.0. The third-order valence-corrected chi connectivity index (χ3v) is 3.47. The average molecular weight is 248 g/mol. The molecule has 0 atom stereocenters. The first-order valence-corrected chi connectivity index (χ1v) is 5.98. The normalized spacial score (nSPS) is 10.9. The van der Waals surface area contributed by atoms with Crippen molar-refractivity contribution in [2.75, 3.05) is 21.3 Å². The Bertz CT molecular complexity index is 573. The van der Waals surface area contributed by atoms with E-state index in [1.807, 2.05) is 19.2 Å². The monoisotopic (exact) mass is 248 g/mol. The third-order valence-electron chi connectivity index (χ3n) is 3.47. The van der Waals surface area contributed by atoms with E-state index in [4.69, 9.17) is 9.47 Å². The van der Waals surface area contributed by atoms with Crippen LogP contribution in [0.1, 0.15) is 11.3 Å². The van der Waals surface area contributed by atoms with Gasteiger partial charge < -0.3 is 19.4 Å². The summed E-state index contributed by atoms with van der Waals surface area (Å²) in [7, 11) is 7.38. The van der Waals surface area contributed by atoms with E-state index in [-0.39, 0.29) is 0 Å². The number of nitrogens with one attached hydrogen (secondary N) is 1. The van der Waals surface area contributed by atoms with Crippen LogP contribution in [-0.4, -0.2) is 25.8 Å². The van der Waals surface area contributed by atoms with Crippen LogP contribution in [0.2, 0.25) is 0 Å². The maximum Gasteiger partial charge on any atom is 0.132 e. The molecule has 2 aromatic rings. The number of aromatic nitrogens is 1. The number of aryl methyl sites for hydroxylation is 1. The quantitative estimate of drug-likeness (QED) is 0.901. The Morgan fingerprint density at radius 1 is 1.22 bits per heavy atom. The van der Waals surface area contributed by atoms with Gasteiger partial charge in [0.25, 0.3) is 0 Å². The van der Waals surface area contributed by atoms with E-state index < -0.39 is 0 Å². The van der Waals surface area contributed by atoms with Gasteiger partial charge in [0.15, 0.2) is 0 Å². The first-order valence-electron chi connectivity index (χ1n) is 5.98. The number of methoxy groups -OCH3 is 2. The highest BCUT2D eigenvalue weighted by Gasteiger charge is 2.16. The highest BCUT2D eigenvalue weighted by Crippen LogP contribution is 2.36. The smallest absolute Gasteiger partial charge is 0.132 e. The van der Waals surface area contributed by atoms with Crippen LogP contribution in [0.3, 0.4) is 0 Å². The van der Waals surface area contributed by atoms with E-state index >= 15 is 0 Å². The maximum absolute atomic E-state index is 5.50. The van der Waals surface area contributed by atoms with Gasteiger partial charge in [-0.3, -0.25) is 0 Å². The standard InChI is InChI=1S/C14H20N2O2/c1-9-11(8-15-2)14-12(16(9)3)6-10(17-4)7-13(14)18-5/h6-7,15H,8H2,1-5H3. The maximum atomic E-state index is 5.50. The number of nitrogens with zero attached hydrogens (tertiary/aromatic N) is 1. The van der Waals surface area contributed by atoms with Gasteiger partial charge in [-0.05, 0) is 19.5 Å². The summed E-state index contributed by atoms with van der Waals surface area (Å²) >= 11 is 0. The minimum Gasteiger partial charge on any atom is -0.497 e. The topological polar surface area (TPSA) is 35.4 Å². The molecule has 1 heterocycles. The van der Waals surface area contributed by atoms with Gasteiger partial charge in [-0.25, -0.2) is 0 Å². The molecule has 18 heavy (non-hydrogen) atoms. The molecule has 0 saturated carbocycles. The average Bonchev–Trinajstić information content (AvgIpc) is 2.63. The minimum absolute atomic E-state index is 0.816. The third kappa shape index (κ3) is 1.82. The molecular formula is C14H20N2O2. The molecular weight excluding hydrogens is 228 g/mol. The van der Waals surface area contributed by atoms with Crippen molar-refractivity contribution >= 4 is 10.9 Å². The zero-order chi connectivity index (χ0) is 13.3. The Morgan fingerprint density at radius 2 is 1.94 bits per heavy atom. The first kappa shape index (κ1) is 12.8. The SMILES string of the molecule is CNCc1c(C)n(C)c2cc(OC)cc(OC)c12. The van der Waals surface area contributed by atoms with Crippen LogP contribution in [0.5, 0.6) is 11.5 Å². The Balaban J connectivity index is 2.81. The molecule has 1 N–H and O–H groups in total. The summed E-state index contributed by atoms with van der Waals surface area (Å²) in [4.78, 5) is 0. The molecule has 0 fully saturated rings. The number of fused-ring (bicyclic) bond motifs is 1. The van der Waals surface area contributed by atoms with E-state index in [9.17, 15) is 0 Å². The van der Waals surface area contributed by atoms with Crippen molar-refractivity contribution in [3.05, 3.63) is 23.4 Å². The Kier molecular flexibility index (Phi) is 3.48. The van der Waals surface area contributed by atoms with Crippen molar-refractivity contribution in [2.45, 2.75) is 13.5 Å². The van der Waals surface area contributed by atoms with Gasteiger partial charge in [0.2, 0.25) is 0 Å². The molecule has 0 aliphatic rings. The fourth-order valence-electron chi connectivity index (χ4n) is 2.38. The largest absolute Gasteiger partial charge is 0.497 e. The lowest BCUT2D eigenvalue weighted by Crippen LogP contribution is -2.06. The predicted molar refractivity (Wildman–Crippen MR) is 73.5 cm³/mol. The van der Waals surface area contributed by atoms with Crippen LogP contribution in [0, 0.1) is 6.92 Å². The predicted octanol–water partition coefficient (Wildman–Crippen LogP) is 2.22. The van der Waals surface area contributed by atoms with Gasteiger partial charge in [-0.1, -0.05) is 0 Å². The fraction of sp³-hybridized carbons (Fsp3) is 0.429. The van der Waals surface area contributed by atoms with Crippen molar-refractivity contribution in [1.82, 2.24) is 9.88 Å². The minimum atomic E-state index is 0.816. The zero-order valence-corrected chi connectivity index (χ0v) is 11.6. The van der Waals surface area contributed by atoms with Crippen LogP contribution < -0.4 is 14.8 Å². The summed E-state index contributed by atoms with van der Waals surface area (Å²) in [5, 5.41) is 4.37. The summed E-state index contributed by atoms with van der Waals surface area (Å²) in [5.74, 6) is 1.68. The molecule has 1 aromatic heterocycles. The molecule has 4 heteroatoms. The Morgan fingerprint density at radius 3 is 2.50 bits per heavy atom. The van der Waals surface area contributed by atoms with E-state index in [1.165, 1.54) is 11.3 Å². The molecule has 1 aromatic carbocycles. The Labute approximate surface area is 107 Å². The van der Waals surface area contributed by atoms with Crippen LogP contribution in [0.25, 0.3) is 10.9 Å². The van der Waals surface area contributed by atoms with Crippen LogP contribution in [0.15, 0.2) is 12.1 Å². The molecule has 0 spiro atoms. The van der Waals surface area contributed by atoms with Crippen molar-refractivity contribution in [2.24, 2.45) is 7.05 Å². The van der Waals surface area contributed by atoms with Crippen LogP contribution >= 0.6 is 0 Å². The van der Waals surface area contributed by atoms with Gasteiger partial charge in [0, 0.05) is 36.8 Å². The molecule has 0 aliphatic heterocycles. The van der Waals surface area contributed by atoms with Crippen LogP contribution in [0.4, 0.5) is 0 Å². The number of rotatable bonds is 4. The van der Waals surface area contributed by atoms with Crippen molar-refractivity contribution in [3.8, 4) is 11.5 Å². The lowest BCUT2D eigenvalue weighted by molar-refractivity contribution is 0.397. The molecule has 98 valence electrons. The van der Waals surface area contributed by atoms with Gasteiger partial charge in [0.05, 0.1) is 19.7 Å². The molecule has 0 amide bonds. The summed E-state index contributed by atoms with van der Waals surface area (Å²) in [6, 6.07) is 3.98. The summed E-state index contributed by atoms with van der Waals surface area (Å²) in [6.07, 6.45) is 0.